The first-order valence-corrected chi connectivity index (χ1v) is 6.85. The van der Waals surface area contributed by atoms with Crippen LogP contribution in [-0.2, 0) is 4.79 Å². The summed E-state index contributed by atoms with van der Waals surface area (Å²) in [6, 6.07) is 4.66. The molecule has 0 atom stereocenters. The van der Waals surface area contributed by atoms with Crippen LogP contribution in [-0.4, -0.2) is 35.4 Å². The molecule has 1 aromatic rings. The van der Waals surface area contributed by atoms with E-state index in [1.54, 1.807) is 12.1 Å². The van der Waals surface area contributed by atoms with Crippen LogP contribution in [0, 0.1) is 0 Å². The molecule has 0 bridgehead atoms. The van der Waals surface area contributed by atoms with Gasteiger partial charge in [0.25, 0.3) is 0 Å². The SMILES string of the molecule is CC(=O)c1ccc(OCC(=O)O)cc1OCCCBr. The van der Waals surface area contributed by atoms with Gasteiger partial charge in [-0.05, 0) is 25.5 Å². The molecular weight excluding hydrogens is 316 g/mol. The number of carbonyl (C=O) groups excluding carboxylic acids is 1. The number of aliphatic carboxylic acids is 1. The van der Waals surface area contributed by atoms with Crippen molar-refractivity contribution >= 4 is 27.7 Å². The molecule has 0 fully saturated rings. The lowest BCUT2D eigenvalue weighted by Crippen LogP contribution is -2.10. The Hall–Kier alpha value is -1.56. The highest BCUT2D eigenvalue weighted by Gasteiger charge is 2.11. The molecule has 1 N–H and O–H groups in total. The van der Waals surface area contributed by atoms with E-state index >= 15 is 0 Å². The van der Waals surface area contributed by atoms with Gasteiger partial charge in [-0.25, -0.2) is 4.79 Å². The highest BCUT2D eigenvalue weighted by atomic mass is 79.9. The fraction of sp³-hybridized carbons (Fsp3) is 0.385. The number of ketones is 1. The summed E-state index contributed by atoms with van der Waals surface area (Å²) < 4.78 is 10.6. The number of alkyl halides is 1. The highest BCUT2D eigenvalue weighted by molar-refractivity contribution is 9.09. The number of carboxylic acids is 1. The van der Waals surface area contributed by atoms with E-state index in [0.717, 1.165) is 11.8 Å². The largest absolute Gasteiger partial charge is 0.493 e. The van der Waals surface area contributed by atoms with Crippen LogP contribution < -0.4 is 9.47 Å². The third kappa shape index (κ3) is 5.30. The summed E-state index contributed by atoms with van der Waals surface area (Å²) in [7, 11) is 0. The second-order valence-electron chi connectivity index (χ2n) is 3.79. The maximum absolute atomic E-state index is 11.5. The number of benzene rings is 1. The maximum Gasteiger partial charge on any atom is 0.341 e. The Balaban J connectivity index is 2.84. The van der Waals surface area contributed by atoms with Crippen LogP contribution in [0.5, 0.6) is 11.5 Å². The van der Waals surface area contributed by atoms with Crippen molar-refractivity contribution in [2.24, 2.45) is 0 Å². The molecule has 0 spiro atoms. The summed E-state index contributed by atoms with van der Waals surface area (Å²) in [6.45, 7) is 1.48. The van der Waals surface area contributed by atoms with E-state index in [2.05, 4.69) is 15.9 Å². The van der Waals surface area contributed by atoms with E-state index in [4.69, 9.17) is 14.6 Å². The van der Waals surface area contributed by atoms with Crippen LogP contribution in [0.15, 0.2) is 18.2 Å². The van der Waals surface area contributed by atoms with Gasteiger partial charge < -0.3 is 14.6 Å². The minimum absolute atomic E-state index is 0.112. The molecule has 6 heteroatoms. The molecule has 0 aliphatic rings. The zero-order valence-corrected chi connectivity index (χ0v) is 12.1. The Morgan fingerprint density at radius 2 is 2.05 bits per heavy atom. The first kappa shape index (κ1) is 15.5. The molecule has 1 aromatic carbocycles. The van der Waals surface area contributed by atoms with Crippen molar-refractivity contribution in [2.45, 2.75) is 13.3 Å². The van der Waals surface area contributed by atoms with Gasteiger partial charge in [0.1, 0.15) is 11.5 Å². The van der Waals surface area contributed by atoms with Gasteiger partial charge in [0.15, 0.2) is 12.4 Å². The van der Waals surface area contributed by atoms with Crippen molar-refractivity contribution in [1.82, 2.24) is 0 Å². The number of hydrogen-bond donors (Lipinski definition) is 1. The van der Waals surface area contributed by atoms with Crippen LogP contribution >= 0.6 is 15.9 Å². The summed E-state index contributed by atoms with van der Waals surface area (Å²) >= 11 is 3.29. The van der Waals surface area contributed by atoms with Crippen molar-refractivity contribution in [2.75, 3.05) is 18.5 Å². The van der Waals surface area contributed by atoms with Gasteiger partial charge in [-0.3, -0.25) is 4.79 Å². The quantitative estimate of drug-likeness (QED) is 0.450. The second-order valence-corrected chi connectivity index (χ2v) is 4.58. The number of halogens is 1. The Morgan fingerprint density at radius 1 is 1.32 bits per heavy atom. The predicted molar refractivity (Wildman–Crippen MR) is 73.5 cm³/mol. The molecule has 0 amide bonds. The minimum Gasteiger partial charge on any atom is -0.493 e. The molecule has 0 aliphatic carbocycles. The minimum atomic E-state index is -1.06. The van der Waals surface area contributed by atoms with Crippen LogP contribution in [0.3, 0.4) is 0 Å². The second kappa shape index (κ2) is 7.78. The molecular formula is C13H15BrO5. The lowest BCUT2D eigenvalue weighted by atomic mass is 10.1. The predicted octanol–water partition coefficient (Wildman–Crippen LogP) is 2.52. The third-order valence-electron chi connectivity index (χ3n) is 2.23. The van der Waals surface area contributed by atoms with E-state index in [1.807, 2.05) is 0 Å². The van der Waals surface area contributed by atoms with Crippen LogP contribution in [0.1, 0.15) is 23.7 Å². The average Bonchev–Trinajstić information content (AvgIpc) is 2.36. The summed E-state index contributed by atoms with van der Waals surface area (Å²) in [5, 5.41) is 9.35. The van der Waals surface area contributed by atoms with Gasteiger partial charge in [0.2, 0.25) is 0 Å². The zero-order valence-electron chi connectivity index (χ0n) is 10.5. The van der Waals surface area contributed by atoms with Crippen molar-refractivity contribution < 1.29 is 24.2 Å². The van der Waals surface area contributed by atoms with Gasteiger partial charge >= 0.3 is 5.97 Å². The van der Waals surface area contributed by atoms with E-state index in [0.29, 0.717) is 23.7 Å². The molecule has 0 saturated carbocycles. The first-order valence-electron chi connectivity index (χ1n) is 5.73. The Kier molecular flexibility index (Phi) is 6.35. The fourth-order valence-electron chi connectivity index (χ4n) is 1.38. The molecule has 0 heterocycles. The summed E-state index contributed by atoms with van der Waals surface area (Å²) in [4.78, 5) is 21.9. The molecule has 5 nitrogen and oxygen atoms in total. The van der Waals surface area contributed by atoms with Crippen molar-refractivity contribution in [3.8, 4) is 11.5 Å². The Bertz CT molecular complexity index is 458. The van der Waals surface area contributed by atoms with Crippen molar-refractivity contribution in [1.29, 1.82) is 0 Å². The highest BCUT2D eigenvalue weighted by Crippen LogP contribution is 2.25. The molecule has 104 valence electrons. The summed E-state index contributed by atoms with van der Waals surface area (Å²) in [6.07, 6.45) is 0.803. The lowest BCUT2D eigenvalue weighted by molar-refractivity contribution is -0.139. The van der Waals surface area contributed by atoms with Crippen LogP contribution in [0.4, 0.5) is 0 Å². The smallest absolute Gasteiger partial charge is 0.341 e. The van der Waals surface area contributed by atoms with Gasteiger partial charge in [-0.2, -0.15) is 0 Å². The number of carboxylic acid groups (broad SMARTS) is 1. The van der Waals surface area contributed by atoms with Gasteiger partial charge in [-0.15, -0.1) is 0 Å². The summed E-state index contributed by atoms with van der Waals surface area (Å²) in [5.41, 5.74) is 0.456. The molecule has 0 aromatic heterocycles. The van der Waals surface area contributed by atoms with Gasteiger partial charge in [-0.1, -0.05) is 15.9 Å². The van der Waals surface area contributed by atoms with E-state index in [9.17, 15) is 9.59 Å². The average molecular weight is 331 g/mol. The van der Waals surface area contributed by atoms with E-state index in [-0.39, 0.29) is 5.78 Å². The maximum atomic E-state index is 11.5. The Morgan fingerprint density at radius 3 is 2.63 bits per heavy atom. The van der Waals surface area contributed by atoms with Crippen LogP contribution in [0.2, 0.25) is 0 Å². The topological polar surface area (TPSA) is 72.8 Å². The molecule has 1 rings (SSSR count). The number of carbonyl (C=O) groups is 2. The normalized spacial score (nSPS) is 10.0. The first-order chi connectivity index (χ1) is 9.04. The number of hydrogen-bond acceptors (Lipinski definition) is 4. The van der Waals surface area contributed by atoms with E-state index < -0.39 is 12.6 Å². The van der Waals surface area contributed by atoms with Crippen molar-refractivity contribution in [3.05, 3.63) is 23.8 Å². The third-order valence-corrected chi connectivity index (χ3v) is 2.79. The number of ether oxygens (including phenoxy) is 2. The van der Waals surface area contributed by atoms with E-state index in [1.165, 1.54) is 13.0 Å². The molecule has 0 unspecified atom stereocenters. The van der Waals surface area contributed by atoms with Gasteiger partial charge in [0.05, 0.1) is 12.2 Å². The van der Waals surface area contributed by atoms with Crippen LogP contribution in [0.25, 0.3) is 0 Å². The monoisotopic (exact) mass is 330 g/mol. The lowest BCUT2D eigenvalue weighted by Gasteiger charge is -2.11. The Labute approximate surface area is 119 Å². The molecule has 0 saturated heterocycles. The number of Topliss-reactive ketones (excluding diaryl/α,β-unsaturated/α-hetero) is 1. The number of rotatable bonds is 8. The molecule has 0 aliphatic heterocycles. The summed E-state index contributed by atoms with van der Waals surface area (Å²) in [5.74, 6) is -0.395. The zero-order chi connectivity index (χ0) is 14.3. The molecule has 0 radical (unpaired) electrons. The van der Waals surface area contributed by atoms with Crippen molar-refractivity contribution in [3.63, 3.8) is 0 Å². The standard InChI is InChI=1S/C13H15BrO5/c1-9(15)11-4-3-10(19-8-13(16)17)7-12(11)18-6-2-5-14/h3-4,7H,2,5-6,8H2,1H3,(H,16,17). The fourth-order valence-corrected chi connectivity index (χ4v) is 1.61. The van der Waals surface area contributed by atoms with Gasteiger partial charge in [0, 0.05) is 11.4 Å². The molecule has 19 heavy (non-hydrogen) atoms.